The highest BCUT2D eigenvalue weighted by molar-refractivity contribution is 6.06. The van der Waals surface area contributed by atoms with E-state index in [1.54, 1.807) is 30.3 Å². The Bertz CT molecular complexity index is 1010. The summed E-state index contributed by atoms with van der Waals surface area (Å²) in [4.78, 5) is 20.1. The molecule has 152 valence electrons. The van der Waals surface area contributed by atoms with Crippen LogP contribution in [0.25, 0.3) is 10.9 Å². The highest BCUT2D eigenvalue weighted by Crippen LogP contribution is 2.30. The van der Waals surface area contributed by atoms with Crippen LogP contribution in [0, 0.1) is 0 Å². The van der Waals surface area contributed by atoms with Gasteiger partial charge in [-0.25, -0.2) is 9.97 Å². The molecule has 1 aromatic heterocycles. The first-order valence-corrected chi connectivity index (χ1v) is 8.94. The molecule has 0 unspecified atom stereocenters. The number of benzene rings is 2. The van der Waals surface area contributed by atoms with Gasteiger partial charge in [0.1, 0.15) is 17.9 Å². The quantitative estimate of drug-likeness (QED) is 0.602. The third-order valence-electron chi connectivity index (χ3n) is 4.33. The number of halogens is 3. The molecule has 3 N–H and O–H groups in total. The fraction of sp³-hybridized carbons (Fsp3) is 0.250. The van der Waals surface area contributed by atoms with Crippen molar-refractivity contribution in [1.29, 1.82) is 0 Å². The van der Waals surface area contributed by atoms with E-state index in [2.05, 4.69) is 20.0 Å². The Labute approximate surface area is 164 Å². The zero-order valence-corrected chi connectivity index (χ0v) is 15.5. The first-order chi connectivity index (χ1) is 13.8. The maximum Gasteiger partial charge on any atom is 0.573 e. The number of hydrogen-bond donors (Lipinski definition) is 2. The van der Waals surface area contributed by atoms with Crippen LogP contribution in [0.3, 0.4) is 0 Å². The largest absolute Gasteiger partial charge is 0.573 e. The number of alkyl halides is 3. The molecular weight excluding hydrogens is 385 g/mol. The van der Waals surface area contributed by atoms with Gasteiger partial charge in [-0.1, -0.05) is 31.5 Å². The molecule has 9 heteroatoms. The predicted octanol–water partition coefficient (Wildman–Crippen LogP) is 4.58. The number of aromatic nitrogens is 2. The highest BCUT2D eigenvalue weighted by Gasteiger charge is 2.31. The standard InChI is InChI=1S/C20H19F3N4O2/c1-2-4-16(12-7-9-13(10-8-12)29-20(21,22)23)27-19-15-6-3-5-14(18(24)28)17(15)25-11-26-19/h3,5-11,16H,2,4H2,1H3,(H2,24,28)(H,25,26,27)/t16-/m1/s1. The van der Waals surface area contributed by atoms with Crippen LogP contribution >= 0.6 is 0 Å². The molecule has 1 amide bonds. The number of anilines is 1. The molecule has 0 saturated heterocycles. The number of nitrogens with two attached hydrogens (primary N) is 1. The smallest absolute Gasteiger partial charge is 0.406 e. The predicted molar refractivity (Wildman–Crippen MR) is 102 cm³/mol. The molecule has 3 aromatic rings. The molecule has 2 aromatic carbocycles. The van der Waals surface area contributed by atoms with Gasteiger partial charge in [-0.3, -0.25) is 4.79 Å². The van der Waals surface area contributed by atoms with Gasteiger partial charge in [0.15, 0.2) is 0 Å². The number of nitrogens with one attached hydrogen (secondary N) is 1. The van der Waals surface area contributed by atoms with Crippen molar-refractivity contribution in [2.45, 2.75) is 32.2 Å². The van der Waals surface area contributed by atoms with Crippen LogP contribution in [0.5, 0.6) is 5.75 Å². The Hall–Kier alpha value is -3.36. The van der Waals surface area contributed by atoms with Gasteiger partial charge < -0.3 is 15.8 Å². The summed E-state index contributed by atoms with van der Waals surface area (Å²) in [5, 5.41) is 3.93. The molecule has 1 atom stereocenters. The van der Waals surface area contributed by atoms with Crippen LogP contribution in [0.2, 0.25) is 0 Å². The molecular formula is C20H19F3N4O2. The molecule has 6 nitrogen and oxygen atoms in total. The number of carbonyl (C=O) groups excluding carboxylic acids is 1. The molecule has 1 heterocycles. The third kappa shape index (κ3) is 4.92. The van der Waals surface area contributed by atoms with Crippen LogP contribution in [-0.2, 0) is 0 Å². The summed E-state index contributed by atoms with van der Waals surface area (Å²) in [5.41, 5.74) is 6.91. The summed E-state index contributed by atoms with van der Waals surface area (Å²) in [7, 11) is 0. The van der Waals surface area contributed by atoms with Crippen LogP contribution in [0.1, 0.15) is 41.7 Å². The number of hydrogen-bond acceptors (Lipinski definition) is 5. The number of fused-ring (bicyclic) bond motifs is 1. The van der Waals surface area contributed by atoms with Gasteiger partial charge in [0.25, 0.3) is 5.91 Å². The molecule has 0 radical (unpaired) electrons. The Kier molecular flexibility index (Phi) is 5.86. The van der Waals surface area contributed by atoms with Crippen molar-refractivity contribution in [3.05, 3.63) is 59.9 Å². The maximum atomic E-state index is 12.4. The van der Waals surface area contributed by atoms with E-state index in [9.17, 15) is 18.0 Å². The number of ether oxygens (including phenoxy) is 1. The lowest BCUT2D eigenvalue weighted by Crippen LogP contribution is -2.17. The van der Waals surface area contributed by atoms with Crippen molar-refractivity contribution in [3.63, 3.8) is 0 Å². The van der Waals surface area contributed by atoms with Crippen molar-refractivity contribution in [2.24, 2.45) is 5.73 Å². The normalized spacial score (nSPS) is 12.6. The first kappa shape index (κ1) is 20.4. The molecule has 0 spiro atoms. The average Bonchev–Trinajstić information content (AvgIpc) is 2.66. The first-order valence-electron chi connectivity index (χ1n) is 8.94. The van der Waals surface area contributed by atoms with Gasteiger partial charge in [-0.2, -0.15) is 0 Å². The Balaban J connectivity index is 1.92. The summed E-state index contributed by atoms with van der Waals surface area (Å²) < 4.78 is 41.0. The van der Waals surface area contributed by atoms with Gasteiger partial charge in [-0.05, 0) is 36.2 Å². The molecule has 0 fully saturated rings. The molecule has 0 aliphatic carbocycles. The van der Waals surface area contributed by atoms with Crippen molar-refractivity contribution >= 4 is 22.6 Å². The van der Waals surface area contributed by atoms with Gasteiger partial charge in [0, 0.05) is 5.39 Å². The SMILES string of the molecule is CCC[C@@H](Nc1ncnc2c(C(N)=O)cccc12)c1ccc(OC(F)(F)F)cc1. The average molecular weight is 404 g/mol. The summed E-state index contributed by atoms with van der Waals surface area (Å²) in [5.74, 6) is -0.368. The fourth-order valence-electron chi connectivity index (χ4n) is 3.08. The Morgan fingerprint density at radius 2 is 1.90 bits per heavy atom. The van der Waals surface area contributed by atoms with E-state index < -0.39 is 12.3 Å². The second-order valence-corrected chi connectivity index (χ2v) is 6.39. The maximum absolute atomic E-state index is 12.4. The molecule has 0 aliphatic rings. The lowest BCUT2D eigenvalue weighted by molar-refractivity contribution is -0.274. The topological polar surface area (TPSA) is 90.1 Å². The zero-order chi connectivity index (χ0) is 21.0. The Morgan fingerprint density at radius 1 is 1.17 bits per heavy atom. The molecule has 0 saturated carbocycles. The molecule has 0 aliphatic heterocycles. The number of nitrogens with zero attached hydrogens (tertiary/aromatic N) is 2. The number of amides is 1. The number of primary amides is 1. The van der Waals surface area contributed by atoms with E-state index in [1.807, 2.05) is 6.92 Å². The van der Waals surface area contributed by atoms with E-state index in [0.717, 1.165) is 12.0 Å². The second-order valence-electron chi connectivity index (χ2n) is 6.39. The van der Waals surface area contributed by atoms with Crippen molar-refractivity contribution < 1.29 is 22.7 Å². The summed E-state index contributed by atoms with van der Waals surface area (Å²) in [6.45, 7) is 2.00. The fourth-order valence-corrected chi connectivity index (χ4v) is 3.08. The second kappa shape index (κ2) is 8.34. The van der Waals surface area contributed by atoms with Crippen LogP contribution in [0.4, 0.5) is 19.0 Å². The van der Waals surface area contributed by atoms with E-state index in [4.69, 9.17) is 5.73 Å². The summed E-state index contributed by atoms with van der Waals surface area (Å²) in [6, 6.07) is 10.5. The van der Waals surface area contributed by atoms with Crippen LogP contribution in [0.15, 0.2) is 48.8 Å². The monoisotopic (exact) mass is 404 g/mol. The third-order valence-corrected chi connectivity index (χ3v) is 4.33. The van der Waals surface area contributed by atoms with E-state index in [-0.39, 0.29) is 17.4 Å². The van der Waals surface area contributed by atoms with E-state index >= 15 is 0 Å². The minimum atomic E-state index is -4.74. The van der Waals surface area contributed by atoms with E-state index in [1.165, 1.54) is 18.5 Å². The number of para-hydroxylation sites is 1. The number of carbonyl (C=O) groups is 1. The van der Waals surface area contributed by atoms with Gasteiger partial charge in [0.2, 0.25) is 0 Å². The molecule has 0 bridgehead atoms. The Morgan fingerprint density at radius 3 is 2.52 bits per heavy atom. The highest BCUT2D eigenvalue weighted by atomic mass is 19.4. The van der Waals surface area contributed by atoms with Crippen LogP contribution in [-0.4, -0.2) is 22.2 Å². The lowest BCUT2D eigenvalue weighted by atomic mass is 10.0. The minimum Gasteiger partial charge on any atom is -0.406 e. The molecule has 29 heavy (non-hydrogen) atoms. The van der Waals surface area contributed by atoms with Crippen molar-refractivity contribution in [1.82, 2.24) is 9.97 Å². The van der Waals surface area contributed by atoms with E-state index in [0.29, 0.717) is 23.1 Å². The zero-order valence-electron chi connectivity index (χ0n) is 15.5. The van der Waals surface area contributed by atoms with Gasteiger partial charge >= 0.3 is 6.36 Å². The van der Waals surface area contributed by atoms with Crippen molar-refractivity contribution in [3.8, 4) is 5.75 Å². The lowest BCUT2D eigenvalue weighted by Gasteiger charge is -2.21. The van der Waals surface area contributed by atoms with Crippen LogP contribution < -0.4 is 15.8 Å². The number of rotatable bonds is 7. The summed E-state index contributed by atoms with van der Waals surface area (Å²) >= 11 is 0. The van der Waals surface area contributed by atoms with Gasteiger partial charge in [-0.15, -0.1) is 13.2 Å². The summed E-state index contributed by atoms with van der Waals surface area (Å²) in [6.07, 6.45) is -1.87. The minimum absolute atomic E-state index is 0.213. The van der Waals surface area contributed by atoms with Crippen molar-refractivity contribution in [2.75, 3.05) is 5.32 Å². The molecule has 3 rings (SSSR count). The van der Waals surface area contributed by atoms with Gasteiger partial charge in [0.05, 0.1) is 17.1 Å².